The average molecular weight is 302 g/mol. The van der Waals surface area contributed by atoms with Crippen LogP contribution in [0.3, 0.4) is 0 Å². The van der Waals surface area contributed by atoms with Gasteiger partial charge < -0.3 is 9.47 Å². The van der Waals surface area contributed by atoms with Crippen molar-refractivity contribution in [3.8, 4) is 5.75 Å². The highest BCUT2D eigenvalue weighted by molar-refractivity contribution is 5.97. The summed E-state index contributed by atoms with van der Waals surface area (Å²) in [5, 5.41) is 0. The second-order valence-corrected chi connectivity index (χ2v) is 4.69. The van der Waals surface area contributed by atoms with E-state index < -0.39 is 24.2 Å². The van der Waals surface area contributed by atoms with Crippen LogP contribution in [0, 0.1) is 12.7 Å². The van der Waals surface area contributed by atoms with Crippen LogP contribution in [0.1, 0.15) is 15.9 Å². The molecule has 0 saturated heterocycles. The summed E-state index contributed by atoms with van der Waals surface area (Å²) < 4.78 is 22.8. The van der Waals surface area contributed by atoms with E-state index in [1.165, 1.54) is 24.3 Å². The number of hydrogen-bond acceptors (Lipinski definition) is 4. The first kappa shape index (κ1) is 15.7. The van der Waals surface area contributed by atoms with Gasteiger partial charge in [-0.05, 0) is 43.3 Å². The van der Waals surface area contributed by atoms with Gasteiger partial charge in [-0.3, -0.25) is 4.79 Å². The van der Waals surface area contributed by atoms with Crippen LogP contribution >= 0.6 is 0 Å². The summed E-state index contributed by atoms with van der Waals surface area (Å²) in [5.41, 5.74) is 1.37. The first-order chi connectivity index (χ1) is 10.5. The summed E-state index contributed by atoms with van der Waals surface area (Å²) >= 11 is 0. The van der Waals surface area contributed by atoms with Gasteiger partial charge in [-0.2, -0.15) is 0 Å². The number of benzene rings is 2. The van der Waals surface area contributed by atoms with Crippen molar-refractivity contribution in [1.29, 1.82) is 0 Å². The Hall–Kier alpha value is -2.69. The van der Waals surface area contributed by atoms with Gasteiger partial charge in [0.1, 0.15) is 11.6 Å². The Labute approximate surface area is 127 Å². The second kappa shape index (κ2) is 7.36. The molecule has 0 aromatic heterocycles. The van der Waals surface area contributed by atoms with Crippen LogP contribution in [0.25, 0.3) is 0 Å². The van der Waals surface area contributed by atoms with Gasteiger partial charge in [0.2, 0.25) is 0 Å². The standard InChI is InChI=1S/C17H15FO4/c1-12-2-8-15(9-3-12)21-11-17(20)22-10-16(19)13-4-6-14(18)7-5-13/h2-9H,10-11H2,1H3. The molecule has 0 bridgehead atoms. The maximum Gasteiger partial charge on any atom is 0.344 e. The Kier molecular flexibility index (Phi) is 5.25. The first-order valence-electron chi connectivity index (χ1n) is 6.68. The Balaban J connectivity index is 1.76. The van der Waals surface area contributed by atoms with Crippen molar-refractivity contribution in [2.45, 2.75) is 6.92 Å². The molecule has 4 nitrogen and oxygen atoms in total. The smallest absolute Gasteiger partial charge is 0.344 e. The Morgan fingerprint density at radius 1 is 0.955 bits per heavy atom. The van der Waals surface area contributed by atoms with E-state index in [1.807, 2.05) is 19.1 Å². The van der Waals surface area contributed by atoms with Gasteiger partial charge in [0.25, 0.3) is 0 Å². The molecule has 2 aromatic rings. The molecule has 0 fully saturated rings. The number of hydrogen-bond donors (Lipinski definition) is 0. The molecule has 0 spiro atoms. The Morgan fingerprint density at radius 3 is 2.23 bits per heavy atom. The molecule has 0 aliphatic heterocycles. The third-order valence-corrected chi connectivity index (χ3v) is 2.91. The van der Waals surface area contributed by atoms with Crippen LogP contribution in [0.2, 0.25) is 0 Å². The highest BCUT2D eigenvalue weighted by atomic mass is 19.1. The van der Waals surface area contributed by atoms with E-state index in [0.717, 1.165) is 5.56 Å². The molecular weight excluding hydrogens is 287 g/mol. The zero-order chi connectivity index (χ0) is 15.9. The summed E-state index contributed by atoms with van der Waals surface area (Å²) in [5.74, 6) is -0.924. The molecule has 5 heteroatoms. The fourth-order valence-electron chi connectivity index (χ4n) is 1.68. The summed E-state index contributed by atoms with van der Waals surface area (Å²) in [6.45, 7) is 1.26. The molecule has 0 N–H and O–H groups in total. The van der Waals surface area contributed by atoms with Gasteiger partial charge in [-0.25, -0.2) is 9.18 Å². The third kappa shape index (κ3) is 4.70. The molecule has 22 heavy (non-hydrogen) atoms. The molecule has 2 aromatic carbocycles. The molecule has 0 aliphatic carbocycles. The highest BCUT2D eigenvalue weighted by Crippen LogP contribution is 2.11. The lowest BCUT2D eigenvalue weighted by Crippen LogP contribution is -2.19. The van der Waals surface area contributed by atoms with Crippen molar-refractivity contribution < 1.29 is 23.5 Å². The van der Waals surface area contributed by atoms with Crippen LogP contribution < -0.4 is 4.74 Å². The fourth-order valence-corrected chi connectivity index (χ4v) is 1.68. The van der Waals surface area contributed by atoms with Gasteiger partial charge in [-0.15, -0.1) is 0 Å². The second-order valence-electron chi connectivity index (χ2n) is 4.69. The maximum atomic E-state index is 12.7. The molecule has 0 atom stereocenters. The van der Waals surface area contributed by atoms with E-state index in [-0.39, 0.29) is 12.2 Å². The maximum absolute atomic E-state index is 12.7. The van der Waals surface area contributed by atoms with Crippen molar-refractivity contribution in [3.63, 3.8) is 0 Å². The zero-order valence-electron chi connectivity index (χ0n) is 12.0. The minimum Gasteiger partial charge on any atom is -0.482 e. The van der Waals surface area contributed by atoms with E-state index in [0.29, 0.717) is 5.75 Å². The van der Waals surface area contributed by atoms with E-state index in [9.17, 15) is 14.0 Å². The molecule has 0 heterocycles. The summed E-state index contributed by atoms with van der Waals surface area (Å²) in [7, 11) is 0. The van der Waals surface area contributed by atoms with Crippen LogP contribution in [-0.4, -0.2) is 25.0 Å². The number of carbonyl (C=O) groups is 2. The van der Waals surface area contributed by atoms with Crippen molar-refractivity contribution in [1.82, 2.24) is 0 Å². The third-order valence-electron chi connectivity index (χ3n) is 2.91. The highest BCUT2D eigenvalue weighted by Gasteiger charge is 2.10. The molecule has 0 amide bonds. The molecular formula is C17H15FO4. The van der Waals surface area contributed by atoms with Gasteiger partial charge >= 0.3 is 5.97 Å². The Morgan fingerprint density at radius 2 is 1.59 bits per heavy atom. The lowest BCUT2D eigenvalue weighted by Gasteiger charge is -2.07. The van der Waals surface area contributed by atoms with Gasteiger partial charge in [-0.1, -0.05) is 17.7 Å². The predicted molar refractivity (Wildman–Crippen MR) is 78.4 cm³/mol. The molecule has 0 aliphatic rings. The molecule has 114 valence electrons. The van der Waals surface area contributed by atoms with Crippen molar-refractivity contribution in [3.05, 3.63) is 65.5 Å². The summed E-state index contributed by atoms with van der Waals surface area (Å²) in [6.07, 6.45) is 0. The number of carbonyl (C=O) groups excluding carboxylic acids is 2. The molecule has 0 radical (unpaired) electrons. The van der Waals surface area contributed by atoms with Crippen LogP contribution in [0.4, 0.5) is 4.39 Å². The fraction of sp³-hybridized carbons (Fsp3) is 0.176. The number of halogens is 1. The summed E-state index contributed by atoms with van der Waals surface area (Å²) in [6, 6.07) is 12.2. The number of Topliss-reactive ketones (excluding diaryl/α,β-unsaturated/α-hetero) is 1. The van der Waals surface area contributed by atoms with Gasteiger partial charge in [0.05, 0.1) is 0 Å². The predicted octanol–water partition coefficient (Wildman–Crippen LogP) is 2.94. The van der Waals surface area contributed by atoms with Crippen molar-refractivity contribution in [2.24, 2.45) is 0 Å². The zero-order valence-corrected chi connectivity index (χ0v) is 12.0. The van der Waals surface area contributed by atoms with Crippen LogP contribution in [0.5, 0.6) is 5.75 Å². The van der Waals surface area contributed by atoms with Gasteiger partial charge in [0.15, 0.2) is 19.0 Å². The van der Waals surface area contributed by atoms with Crippen molar-refractivity contribution in [2.75, 3.05) is 13.2 Å². The lowest BCUT2D eigenvalue weighted by atomic mass is 10.1. The molecule has 0 unspecified atom stereocenters. The number of ketones is 1. The Bertz CT molecular complexity index is 647. The van der Waals surface area contributed by atoms with Crippen LogP contribution in [-0.2, 0) is 9.53 Å². The number of ether oxygens (including phenoxy) is 2. The monoisotopic (exact) mass is 302 g/mol. The van der Waals surface area contributed by atoms with E-state index >= 15 is 0 Å². The SMILES string of the molecule is Cc1ccc(OCC(=O)OCC(=O)c2ccc(F)cc2)cc1. The van der Waals surface area contributed by atoms with E-state index in [4.69, 9.17) is 9.47 Å². The average Bonchev–Trinajstić information content (AvgIpc) is 2.52. The van der Waals surface area contributed by atoms with Crippen LogP contribution in [0.15, 0.2) is 48.5 Å². The normalized spacial score (nSPS) is 10.1. The summed E-state index contributed by atoms with van der Waals surface area (Å²) in [4.78, 5) is 23.2. The number of rotatable bonds is 6. The first-order valence-corrected chi connectivity index (χ1v) is 6.68. The van der Waals surface area contributed by atoms with E-state index in [1.54, 1.807) is 12.1 Å². The minimum absolute atomic E-state index is 0.278. The molecule has 2 rings (SSSR count). The number of aryl methyl sites for hydroxylation is 1. The molecule has 0 saturated carbocycles. The topological polar surface area (TPSA) is 52.6 Å². The van der Waals surface area contributed by atoms with Gasteiger partial charge in [0, 0.05) is 5.56 Å². The minimum atomic E-state index is -0.643. The van der Waals surface area contributed by atoms with Crippen molar-refractivity contribution >= 4 is 11.8 Å². The number of esters is 1. The lowest BCUT2D eigenvalue weighted by molar-refractivity contribution is -0.144. The van der Waals surface area contributed by atoms with E-state index in [2.05, 4.69) is 0 Å². The largest absolute Gasteiger partial charge is 0.482 e. The quantitative estimate of drug-likeness (QED) is 0.608.